The van der Waals surface area contributed by atoms with Crippen molar-refractivity contribution in [2.75, 3.05) is 0 Å². The first-order chi connectivity index (χ1) is 5.42. The van der Waals surface area contributed by atoms with Gasteiger partial charge in [-0.1, -0.05) is 0 Å². The van der Waals surface area contributed by atoms with Gasteiger partial charge in [0.1, 0.15) is 11.8 Å². The SMILES string of the molecule is O=Cc1c[nH]c2cncnc12. The molecular formula is C7H5N3O. The number of H-pyrrole nitrogens is 1. The second-order valence-corrected chi connectivity index (χ2v) is 2.15. The summed E-state index contributed by atoms with van der Waals surface area (Å²) in [5.41, 5.74) is 2.03. The van der Waals surface area contributed by atoms with E-state index in [2.05, 4.69) is 15.0 Å². The van der Waals surface area contributed by atoms with Crippen molar-refractivity contribution in [3.63, 3.8) is 0 Å². The molecule has 0 atom stereocenters. The number of aromatic nitrogens is 3. The highest BCUT2D eigenvalue weighted by Gasteiger charge is 2.01. The molecule has 2 rings (SSSR count). The summed E-state index contributed by atoms with van der Waals surface area (Å²) in [7, 11) is 0. The van der Waals surface area contributed by atoms with Crippen LogP contribution in [0.4, 0.5) is 0 Å². The van der Waals surface area contributed by atoms with Crippen molar-refractivity contribution in [3.05, 3.63) is 24.3 Å². The molecular weight excluding hydrogens is 142 g/mol. The van der Waals surface area contributed by atoms with E-state index in [-0.39, 0.29) is 0 Å². The van der Waals surface area contributed by atoms with Crippen LogP contribution >= 0.6 is 0 Å². The summed E-state index contributed by atoms with van der Waals surface area (Å²) in [5, 5.41) is 0. The normalized spacial score (nSPS) is 10.2. The van der Waals surface area contributed by atoms with Gasteiger partial charge in [0.2, 0.25) is 0 Å². The quantitative estimate of drug-likeness (QED) is 0.606. The Bertz CT molecular complexity index is 393. The molecule has 0 bridgehead atoms. The maximum absolute atomic E-state index is 10.4. The molecule has 0 aliphatic rings. The Morgan fingerprint density at radius 1 is 1.55 bits per heavy atom. The lowest BCUT2D eigenvalue weighted by atomic mass is 10.3. The molecule has 0 aromatic carbocycles. The number of hydrogen-bond acceptors (Lipinski definition) is 3. The van der Waals surface area contributed by atoms with Crippen molar-refractivity contribution >= 4 is 17.3 Å². The van der Waals surface area contributed by atoms with Gasteiger partial charge in [0.15, 0.2) is 6.29 Å². The van der Waals surface area contributed by atoms with E-state index in [0.717, 1.165) is 11.8 Å². The zero-order valence-electron chi connectivity index (χ0n) is 5.61. The summed E-state index contributed by atoms with van der Waals surface area (Å²) in [6.07, 6.45) is 5.44. The van der Waals surface area contributed by atoms with E-state index < -0.39 is 0 Å². The fraction of sp³-hybridized carbons (Fsp3) is 0. The van der Waals surface area contributed by atoms with E-state index in [1.165, 1.54) is 6.33 Å². The van der Waals surface area contributed by atoms with Crippen molar-refractivity contribution in [2.24, 2.45) is 0 Å². The summed E-state index contributed by atoms with van der Waals surface area (Å²) in [4.78, 5) is 21.0. The van der Waals surface area contributed by atoms with Crippen LogP contribution in [0.3, 0.4) is 0 Å². The minimum Gasteiger partial charge on any atom is -0.358 e. The van der Waals surface area contributed by atoms with Gasteiger partial charge >= 0.3 is 0 Å². The highest BCUT2D eigenvalue weighted by atomic mass is 16.1. The topological polar surface area (TPSA) is 58.6 Å². The van der Waals surface area contributed by atoms with Gasteiger partial charge in [0.25, 0.3) is 0 Å². The molecule has 0 amide bonds. The second-order valence-electron chi connectivity index (χ2n) is 2.15. The molecule has 0 aliphatic carbocycles. The average Bonchev–Trinajstić information content (AvgIpc) is 2.47. The van der Waals surface area contributed by atoms with Gasteiger partial charge < -0.3 is 4.98 Å². The van der Waals surface area contributed by atoms with E-state index in [1.807, 2.05) is 0 Å². The Balaban J connectivity index is 2.86. The van der Waals surface area contributed by atoms with Crippen LogP contribution in [0.25, 0.3) is 11.0 Å². The van der Waals surface area contributed by atoms with E-state index >= 15 is 0 Å². The lowest BCUT2D eigenvalue weighted by molar-refractivity contribution is 0.112. The van der Waals surface area contributed by atoms with E-state index in [4.69, 9.17) is 0 Å². The van der Waals surface area contributed by atoms with Crippen LogP contribution < -0.4 is 0 Å². The van der Waals surface area contributed by atoms with Crippen LogP contribution in [0.2, 0.25) is 0 Å². The van der Waals surface area contributed by atoms with Crippen LogP contribution in [0.5, 0.6) is 0 Å². The fourth-order valence-corrected chi connectivity index (χ4v) is 0.979. The first-order valence-electron chi connectivity index (χ1n) is 3.14. The molecule has 0 unspecified atom stereocenters. The minimum absolute atomic E-state index is 0.572. The molecule has 54 valence electrons. The van der Waals surface area contributed by atoms with Crippen LogP contribution in [-0.4, -0.2) is 21.2 Å². The predicted octanol–water partition coefficient (Wildman–Crippen LogP) is 0.770. The first kappa shape index (κ1) is 6.03. The number of hydrogen-bond donors (Lipinski definition) is 1. The smallest absolute Gasteiger partial charge is 0.153 e. The third-order valence-electron chi connectivity index (χ3n) is 1.50. The molecule has 0 spiro atoms. The highest BCUT2D eigenvalue weighted by Crippen LogP contribution is 2.10. The largest absolute Gasteiger partial charge is 0.358 e. The minimum atomic E-state index is 0.572. The standard InChI is InChI=1S/C7H5N3O/c11-3-5-1-9-6-2-8-4-10-7(5)6/h1-4,9H. The predicted molar refractivity (Wildman–Crippen MR) is 39.3 cm³/mol. The summed E-state index contributed by atoms with van der Waals surface area (Å²) < 4.78 is 0. The zero-order valence-corrected chi connectivity index (χ0v) is 5.61. The fourth-order valence-electron chi connectivity index (χ4n) is 0.979. The molecule has 4 heteroatoms. The van der Waals surface area contributed by atoms with Gasteiger partial charge in [-0.3, -0.25) is 4.79 Å². The molecule has 0 fully saturated rings. The number of aldehydes is 1. The third kappa shape index (κ3) is 0.797. The molecule has 2 heterocycles. The van der Waals surface area contributed by atoms with Crippen molar-refractivity contribution in [1.82, 2.24) is 15.0 Å². The Kier molecular flexibility index (Phi) is 1.18. The second kappa shape index (κ2) is 2.16. The third-order valence-corrected chi connectivity index (χ3v) is 1.50. The lowest BCUT2D eigenvalue weighted by Crippen LogP contribution is -1.80. The molecule has 1 N–H and O–H groups in total. The Morgan fingerprint density at radius 3 is 3.27 bits per heavy atom. The Morgan fingerprint density at radius 2 is 2.45 bits per heavy atom. The van der Waals surface area contributed by atoms with Crippen molar-refractivity contribution in [2.45, 2.75) is 0 Å². The van der Waals surface area contributed by atoms with E-state index in [1.54, 1.807) is 12.4 Å². The Labute approximate surface area is 62.3 Å². The maximum Gasteiger partial charge on any atom is 0.153 e. The molecule has 2 aromatic heterocycles. The van der Waals surface area contributed by atoms with Gasteiger partial charge in [-0.25, -0.2) is 9.97 Å². The number of carbonyl (C=O) groups is 1. The summed E-state index contributed by atoms with van der Waals surface area (Å²) >= 11 is 0. The van der Waals surface area contributed by atoms with Gasteiger partial charge in [-0.2, -0.15) is 0 Å². The molecule has 2 aromatic rings. The van der Waals surface area contributed by atoms with E-state index in [0.29, 0.717) is 11.1 Å². The molecule has 0 radical (unpaired) electrons. The molecule has 0 saturated carbocycles. The van der Waals surface area contributed by atoms with Gasteiger partial charge in [0.05, 0.1) is 17.3 Å². The van der Waals surface area contributed by atoms with Crippen LogP contribution in [0.15, 0.2) is 18.7 Å². The van der Waals surface area contributed by atoms with E-state index in [9.17, 15) is 4.79 Å². The number of nitrogens with zero attached hydrogens (tertiary/aromatic N) is 2. The van der Waals surface area contributed by atoms with Gasteiger partial charge in [-0.15, -0.1) is 0 Å². The van der Waals surface area contributed by atoms with Crippen molar-refractivity contribution in [1.29, 1.82) is 0 Å². The number of carbonyl (C=O) groups excluding carboxylic acids is 1. The number of nitrogens with one attached hydrogen (secondary N) is 1. The average molecular weight is 147 g/mol. The van der Waals surface area contributed by atoms with Gasteiger partial charge in [0, 0.05) is 6.20 Å². The van der Waals surface area contributed by atoms with Crippen LogP contribution in [0.1, 0.15) is 10.4 Å². The maximum atomic E-state index is 10.4. The monoisotopic (exact) mass is 147 g/mol. The summed E-state index contributed by atoms with van der Waals surface area (Å²) in [5.74, 6) is 0. The molecule has 11 heavy (non-hydrogen) atoms. The van der Waals surface area contributed by atoms with Crippen molar-refractivity contribution in [3.8, 4) is 0 Å². The molecule has 0 saturated heterocycles. The summed E-state index contributed by atoms with van der Waals surface area (Å²) in [6.45, 7) is 0. The Hall–Kier alpha value is -1.71. The number of fused-ring (bicyclic) bond motifs is 1. The summed E-state index contributed by atoms with van der Waals surface area (Å²) in [6, 6.07) is 0. The first-order valence-corrected chi connectivity index (χ1v) is 3.14. The van der Waals surface area contributed by atoms with Gasteiger partial charge in [-0.05, 0) is 0 Å². The number of aromatic amines is 1. The highest BCUT2D eigenvalue weighted by molar-refractivity contribution is 5.93. The van der Waals surface area contributed by atoms with Crippen molar-refractivity contribution < 1.29 is 4.79 Å². The van der Waals surface area contributed by atoms with Crippen LogP contribution in [0, 0.1) is 0 Å². The number of rotatable bonds is 1. The molecule has 0 aliphatic heterocycles. The molecule has 4 nitrogen and oxygen atoms in total. The van der Waals surface area contributed by atoms with Crippen LogP contribution in [-0.2, 0) is 0 Å². The lowest BCUT2D eigenvalue weighted by Gasteiger charge is -1.84. The zero-order chi connectivity index (χ0) is 7.68.